The van der Waals surface area contributed by atoms with Gasteiger partial charge in [-0.05, 0) is 47.4 Å². The lowest BCUT2D eigenvalue weighted by Crippen LogP contribution is -2.23. The molecule has 2 aliphatic carbocycles. The standard InChI is InChI=1S/C20H20N2O/c1-13-6-5-9-16(19(13)14-7-3-2-4-8-14)15-10-11-17-18(12-15)22-20(23)21-17/h2-7,9-14,19H,8H2,1H3,(H2,21,22,23)/t13-,14?,19?/m1/s1. The third-order valence-electron chi connectivity index (χ3n) is 4.94. The van der Waals surface area contributed by atoms with Crippen LogP contribution in [0.1, 0.15) is 18.9 Å². The van der Waals surface area contributed by atoms with E-state index in [9.17, 15) is 4.79 Å². The molecule has 0 saturated carbocycles. The molecule has 0 radical (unpaired) electrons. The van der Waals surface area contributed by atoms with Gasteiger partial charge >= 0.3 is 5.69 Å². The maximum Gasteiger partial charge on any atom is 0.323 e. The number of rotatable bonds is 2. The molecule has 0 amide bonds. The van der Waals surface area contributed by atoms with E-state index in [0.717, 1.165) is 17.5 Å². The van der Waals surface area contributed by atoms with E-state index >= 15 is 0 Å². The molecule has 116 valence electrons. The normalized spacial score (nSPS) is 26.7. The van der Waals surface area contributed by atoms with Crippen molar-refractivity contribution in [3.05, 3.63) is 76.8 Å². The Labute approximate surface area is 135 Å². The van der Waals surface area contributed by atoms with Gasteiger partial charge in [0, 0.05) is 0 Å². The van der Waals surface area contributed by atoms with Crippen LogP contribution in [0.4, 0.5) is 0 Å². The first-order chi connectivity index (χ1) is 11.2. The zero-order valence-electron chi connectivity index (χ0n) is 13.1. The number of benzene rings is 1. The number of hydrogen-bond donors (Lipinski definition) is 2. The Morgan fingerprint density at radius 2 is 1.91 bits per heavy atom. The molecule has 3 atom stereocenters. The Morgan fingerprint density at radius 3 is 2.74 bits per heavy atom. The highest BCUT2D eigenvalue weighted by Gasteiger charge is 2.29. The molecule has 2 unspecified atom stereocenters. The summed E-state index contributed by atoms with van der Waals surface area (Å²) in [5.41, 5.74) is 4.12. The summed E-state index contributed by atoms with van der Waals surface area (Å²) in [7, 11) is 0. The van der Waals surface area contributed by atoms with Crippen molar-refractivity contribution in [1.82, 2.24) is 9.97 Å². The van der Waals surface area contributed by atoms with Gasteiger partial charge in [-0.15, -0.1) is 0 Å². The van der Waals surface area contributed by atoms with E-state index in [-0.39, 0.29) is 5.69 Å². The summed E-state index contributed by atoms with van der Waals surface area (Å²) in [6.45, 7) is 2.29. The molecule has 1 aromatic heterocycles. The molecule has 3 heteroatoms. The third-order valence-corrected chi connectivity index (χ3v) is 4.94. The number of imidazole rings is 1. The van der Waals surface area contributed by atoms with Gasteiger partial charge in [-0.2, -0.15) is 0 Å². The van der Waals surface area contributed by atoms with E-state index in [2.05, 4.69) is 71.6 Å². The molecule has 0 aliphatic heterocycles. The van der Waals surface area contributed by atoms with Gasteiger partial charge in [0.15, 0.2) is 0 Å². The minimum absolute atomic E-state index is 0.153. The minimum atomic E-state index is -0.153. The topological polar surface area (TPSA) is 48.6 Å². The average molecular weight is 304 g/mol. The Kier molecular flexibility index (Phi) is 3.41. The lowest BCUT2D eigenvalue weighted by Gasteiger charge is -2.33. The fourth-order valence-corrected chi connectivity index (χ4v) is 3.84. The lowest BCUT2D eigenvalue weighted by atomic mass is 9.71. The second-order valence-electron chi connectivity index (χ2n) is 6.44. The summed E-state index contributed by atoms with van der Waals surface area (Å²) in [5.74, 6) is 1.48. The average Bonchev–Trinajstić information content (AvgIpc) is 2.94. The van der Waals surface area contributed by atoms with Crippen LogP contribution in [0.3, 0.4) is 0 Å². The van der Waals surface area contributed by atoms with E-state index in [0.29, 0.717) is 17.8 Å². The van der Waals surface area contributed by atoms with Gasteiger partial charge in [0.05, 0.1) is 11.0 Å². The SMILES string of the molecule is C[C@@H]1C=CC=C(c2ccc3[nH]c(=O)[nH]c3c2)C1C1C=CC=CC1. The van der Waals surface area contributed by atoms with Crippen LogP contribution in [0.25, 0.3) is 16.6 Å². The quantitative estimate of drug-likeness (QED) is 0.858. The molecule has 23 heavy (non-hydrogen) atoms. The highest BCUT2D eigenvalue weighted by molar-refractivity contribution is 5.82. The van der Waals surface area contributed by atoms with E-state index in [4.69, 9.17) is 0 Å². The molecule has 0 spiro atoms. The first kappa shape index (κ1) is 14.1. The first-order valence-electron chi connectivity index (χ1n) is 8.16. The number of aromatic amines is 2. The Balaban J connectivity index is 1.77. The molecular formula is C20H20N2O. The van der Waals surface area contributed by atoms with E-state index in [1.165, 1.54) is 11.1 Å². The summed E-state index contributed by atoms with van der Waals surface area (Å²) in [6.07, 6.45) is 16.6. The molecule has 3 nitrogen and oxygen atoms in total. The number of allylic oxidation sites excluding steroid dienone is 8. The van der Waals surface area contributed by atoms with Crippen molar-refractivity contribution in [3.63, 3.8) is 0 Å². The van der Waals surface area contributed by atoms with E-state index < -0.39 is 0 Å². The number of hydrogen-bond acceptors (Lipinski definition) is 1. The van der Waals surface area contributed by atoms with Gasteiger partial charge in [-0.1, -0.05) is 55.5 Å². The summed E-state index contributed by atoms with van der Waals surface area (Å²) >= 11 is 0. The molecule has 0 bridgehead atoms. The fraction of sp³-hybridized carbons (Fsp3) is 0.250. The molecule has 2 N–H and O–H groups in total. The van der Waals surface area contributed by atoms with Crippen molar-refractivity contribution in [2.45, 2.75) is 13.3 Å². The van der Waals surface area contributed by atoms with Crippen LogP contribution in [0.15, 0.2) is 65.5 Å². The van der Waals surface area contributed by atoms with Crippen molar-refractivity contribution in [1.29, 1.82) is 0 Å². The molecular weight excluding hydrogens is 284 g/mol. The van der Waals surface area contributed by atoms with Crippen LogP contribution < -0.4 is 5.69 Å². The summed E-state index contributed by atoms with van der Waals surface area (Å²) < 4.78 is 0. The van der Waals surface area contributed by atoms with Crippen LogP contribution in [0.2, 0.25) is 0 Å². The Hall–Kier alpha value is -2.55. The van der Waals surface area contributed by atoms with Crippen molar-refractivity contribution < 1.29 is 0 Å². The number of aromatic nitrogens is 2. The summed E-state index contributed by atoms with van der Waals surface area (Å²) in [4.78, 5) is 17.2. The monoisotopic (exact) mass is 304 g/mol. The molecule has 2 aliphatic rings. The van der Waals surface area contributed by atoms with Gasteiger partial charge in [0.1, 0.15) is 0 Å². The van der Waals surface area contributed by atoms with Crippen LogP contribution in [-0.4, -0.2) is 9.97 Å². The van der Waals surface area contributed by atoms with Crippen molar-refractivity contribution in [2.75, 3.05) is 0 Å². The molecule has 0 saturated heterocycles. The maximum atomic E-state index is 11.5. The highest BCUT2D eigenvalue weighted by atomic mass is 16.1. The maximum absolute atomic E-state index is 11.5. The van der Waals surface area contributed by atoms with Crippen molar-refractivity contribution >= 4 is 16.6 Å². The molecule has 1 heterocycles. The second-order valence-corrected chi connectivity index (χ2v) is 6.44. The number of H-pyrrole nitrogens is 2. The lowest BCUT2D eigenvalue weighted by molar-refractivity contribution is 0.403. The zero-order valence-corrected chi connectivity index (χ0v) is 13.1. The largest absolute Gasteiger partial charge is 0.323 e. The van der Waals surface area contributed by atoms with Crippen LogP contribution in [0.5, 0.6) is 0 Å². The van der Waals surface area contributed by atoms with Gasteiger partial charge < -0.3 is 9.97 Å². The van der Waals surface area contributed by atoms with E-state index in [1.54, 1.807) is 0 Å². The summed E-state index contributed by atoms with van der Waals surface area (Å²) in [6, 6.07) is 6.18. The predicted molar refractivity (Wildman–Crippen MR) is 95.1 cm³/mol. The fourth-order valence-electron chi connectivity index (χ4n) is 3.84. The van der Waals surface area contributed by atoms with Gasteiger partial charge in [0.25, 0.3) is 0 Å². The van der Waals surface area contributed by atoms with Gasteiger partial charge in [-0.25, -0.2) is 4.79 Å². The van der Waals surface area contributed by atoms with Crippen LogP contribution >= 0.6 is 0 Å². The number of fused-ring (bicyclic) bond motifs is 1. The first-order valence-corrected chi connectivity index (χ1v) is 8.16. The van der Waals surface area contributed by atoms with Crippen LogP contribution in [0, 0.1) is 17.8 Å². The number of nitrogens with one attached hydrogen (secondary N) is 2. The summed E-state index contributed by atoms with van der Waals surface area (Å²) in [5, 5.41) is 0. The van der Waals surface area contributed by atoms with Crippen molar-refractivity contribution in [2.24, 2.45) is 17.8 Å². The second kappa shape index (κ2) is 5.58. The smallest absolute Gasteiger partial charge is 0.306 e. The van der Waals surface area contributed by atoms with Gasteiger partial charge in [-0.3, -0.25) is 0 Å². The third kappa shape index (κ3) is 2.52. The molecule has 4 rings (SSSR count). The van der Waals surface area contributed by atoms with Crippen LogP contribution in [-0.2, 0) is 0 Å². The Morgan fingerprint density at radius 1 is 1.04 bits per heavy atom. The van der Waals surface area contributed by atoms with Crippen molar-refractivity contribution in [3.8, 4) is 0 Å². The molecule has 1 aromatic carbocycles. The van der Waals surface area contributed by atoms with Gasteiger partial charge in [0.2, 0.25) is 0 Å². The predicted octanol–water partition coefficient (Wildman–Crippen LogP) is 4.19. The zero-order chi connectivity index (χ0) is 15.8. The minimum Gasteiger partial charge on any atom is -0.306 e. The van der Waals surface area contributed by atoms with E-state index in [1.807, 2.05) is 6.07 Å². The molecule has 0 fully saturated rings. The Bertz CT molecular complexity index is 907. The highest BCUT2D eigenvalue weighted by Crippen LogP contribution is 2.41. The molecule has 2 aromatic rings.